The minimum Gasteiger partial charge on any atom is -0.368 e. The van der Waals surface area contributed by atoms with Gasteiger partial charge in [-0.15, -0.1) is 35.0 Å². The molecule has 7 nitrogen and oxygen atoms in total. The van der Waals surface area contributed by atoms with Crippen LogP contribution in [0.5, 0.6) is 0 Å². The number of piperazine rings is 1. The smallest absolute Gasteiger partial charge is 0.319 e. The van der Waals surface area contributed by atoms with Gasteiger partial charge in [-0.05, 0) is 36.6 Å². The second-order valence-electron chi connectivity index (χ2n) is 9.17. The van der Waals surface area contributed by atoms with Gasteiger partial charge in [0.05, 0.1) is 10.4 Å². The maximum Gasteiger partial charge on any atom is 0.319 e. The van der Waals surface area contributed by atoms with Crippen molar-refractivity contribution in [3.8, 4) is 11.4 Å². The molecule has 0 spiro atoms. The third-order valence-electron chi connectivity index (χ3n) is 6.87. The van der Waals surface area contributed by atoms with Crippen LogP contribution in [0.4, 0.5) is 10.5 Å². The summed E-state index contributed by atoms with van der Waals surface area (Å²) in [4.78, 5) is 18.0. The lowest BCUT2D eigenvalue weighted by molar-refractivity contribution is 0.168. The number of aromatic nitrogens is 3. The fraction of sp³-hybridized carbons (Fsp3) is 0.400. The fourth-order valence-corrected chi connectivity index (χ4v) is 5.08. The number of hydrogen-bond acceptors (Lipinski definition) is 4. The van der Waals surface area contributed by atoms with Gasteiger partial charge in [-0.3, -0.25) is 0 Å². The Balaban J connectivity index is 0.00000171. The van der Waals surface area contributed by atoms with E-state index in [2.05, 4.69) is 50.0 Å². The lowest BCUT2D eigenvalue weighted by Crippen LogP contribution is -2.51. The minimum absolute atomic E-state index is 0. The van der Waals surface area contributed by atoms with E-state index >= 15 is 0 Å². The zero-order chi connectivity index (χ0) is 23.2. The molecule has 0 N–H and O–H groups in total. The molecule has 2 heterocycles. The van der Waals surface area contributed by atoms with E-state index in [0.717, 1.165) is 48.8 Å². The monoisotopic (exact) mass is 536 g/mol. The van der Waals surface area contributed by atoms with E-state index in [0.29, 0.717) is 18.1 Å². The highest BCUT2D eigenvalue weighted by Gasteiger charge is 2.49. The summed E-state index contributed by atoms with van der Waals surface area (Å²) in [7, 11) is 5.60. The predicted octanol–water partition coefficient (Wildman–Crippen LogP) is 4.86. The van der Waals surface area contributed by atoms with E-state index in [1.165, 1.54) is 5.56 Å². The van der Waals surface area contributed by atoms with E-state index in [1.54, 1.807) is 19.0 Å². The molecule has 0 unspecified atom stereocenters. The lowest BCUT2D eigenvalue weighted by atomic mass is 9.95. The van der Waals surface area contributed by atoms with Gasteiger partial charge >= 0.3 is 6.03 Å². The number of hydrogen-bond donors (Lipinski definition) is 0. The minimum atomic E-state index is -0.0443. The predicted molar refractivity (Wildman–Crippen MR) is 145 cm³/mol. The second kappa shape index (κ2) is 10.6. The molecule has 35 heavy (non-hydrogen) atoms. The number of carbonyl (C=O) groups is 1. The van der Waals surface area contributed by atoms with Gasteiger partial charge in [0.25, 0.3) is 0 Å². The maximum absolute atomic E-state index is 12.2. The first-order valence-corrected chi connectivity index (χ1v) is 11.7. The molecule has 0 atom stereocenters. The Hall–Kier alpha value is -2.48. The summed E-state index contributed by atoms with van der Waals surface area (Å²) in [6, 6.07) is 16.7. The molecule has 2 aromatic carbocycles. The molecule has 1 saturated heterocycles. The Morgan fingerprint density at radius 2 is 1.63 bits per heavy atom. The molecule has 0 bridgehead atoms. The van der Waals surface area contributed by atoms with Crippen LogP contribution in [-0.2, 0) is 12.5 Å². The number of benzene rings is 2. The average Bonchev–Trinajstić information content (AvgIpc) is 3.55. The van der Waals surface area contributed by atoms with E-state index in [-0.39, 0.29) is 36.3 Å². The van der Waals surface area contributed by atoms with Crippen molar-refractivity contribution in [3.05, 3.63) is 64.9 Å². The molecular weight excluding hydrogens is 507 g/mol. The summed E-state index contributed by atoms with van der Waals surface area (Å²) in [6.07, 6.45) is 2.16. The number of anilines is 1. The summed E-state index contributed by atoms with van der Waals surface area (Å²) in [5, 5.41) is 9.79. The Kier molecular flexibility index (Phi) is 8.25. The number of halogens is 3. The summed E-state index contributed by atoms with van der Waals surface area (Å²) < 4.78 is 2.09. The molecule has 10 heteroatoms. The van der Waals surface area contributed by atoms with Crippen molar-refractivity contribution in [2.24, 2.45) is 7.05 Å². The molecule has 0 radical (unpaired) electrons. The Labute approximate surface area is 223 Å². The quantitative estimate of drug-likeness (QED) is 0.477. The van der Waals surface area contributed by atoms with Crippen LogP contribution in [-0.4, -0.2) is 70.9 Å². The number of amides is 2. The molecule has 5 rings (SSSR count). The summed E-state index contributed by atoms with van der Waals surface area (Å²) in [6.45, 7) is 2.96. The third-order valence-corrected chi connectivity index (χ3v) is 7.18. The molecule has 3 aromatic rings. The van der Waals surface area contributed by atoms with E-state index in [4.69, 9.17) is 11.6 Å². The number of nitrogens with zero attached hydrogens (tertiary/aromatic N) is 6. The molecule has 2 fully saturated rings. The molecular formula is C25H31Cl3N6O. The van der Waals surface area contributed by atoms with Crippen molar-refractivity contribution in [3.63, 3.8) is 0 Å². The Morgan fingerprint density at radius 1 is 0.971 bits per heavy atom. The Morgan fingerprint density at radius 3 is 2.20 bits per heavy atom. The van der Waals surface area contributed by atoms with Crippen LogP contribution < -0.4 is 4.90 Å². The van der Waals surface area contributed by atoms with Crippen LogP contribution >= 0.6 is 36.4 Å². The number of carbonyl (C=O) groups excluding carboxylic acids is 1. The van der Waals surface area contributed by atoms with Crippen molar-refractivity contribution < 1.29 is 4.79 Å². The van der Waals surface area contributed by atoms with Crippen LogP contribution in [0, 0.1) is 0 Å². The van der Waals surface area contributed by atoms with Crippen molar-refractivity contribution in [2.45, 2.75) is 18.3 Å². The van der Waals surface area contributed by atoms with Gasteiger partial charge in [-0.2, -0.15) is 0 Å². The van der Waals surface area contributed by atoms with Crippen molar-refractivity contribution in [1.29, 1.82) is 0 Å². The van der Waals surface area contributed by atoms with Crippen molar-refractivity contribution >= 4 is 48.1 Å². The maximum atomic E-state index is 12.2. The van der Waals surface area contributed by atoms with Crippen molar-refractivity contribution in [1.82, 2.24) is 24.6 Å². The highest BCUT2D eigenvalue weighted by Crippen LogP contribution is 2.53. The standard InChI is InChI=1S/C25H29ClN6O.2ClH/c1-29(2)24(33)32-15-13-31(14-16-32)19-9-10-20(21(26)17-19)22-27-28-23(30(22)3)25(11-12-25)18-7-5-4-6-8-18;;/h4-10,17H,11-16H2,1-3H3;2*1H. The van der Waals surface area contributed by atoms with Crippen LogP contribution in [0.15, 0.2) is 48.5 Å². The zero-order valence-electron chi connectivity index (χ0n) is 20.1. The highest BCUT2D eigenvalue weighted by molar-refractivity contribution is 6.33. The number of rotatable bonds is 4. The van der Waals surface area contributed by atoms with Gasteiger partial charge in [-0.1, -0.05) is 41.9 Å². The summed E-state index contributed by atoms with van der Waals surface area (Å²) in [5.74, 6) is 1.77. The molecule has 188 valence electrons. The molecule has 1 saturated carbocycles. The first kappa shape index (κ1) is 27.1. The van der Waals surface area contributed by atoms with E-state index in [1.807, 2.05) is 30.1 Å². The van der Waals surface area contributed by atoms with Gasteiger partial charge in [0.15, 0.2) is 5.82 Å². The third kappa shape index (κ3) is 4.95. The summed E-state index contributed by atoms with van der Waals surface area (Å²) >= 11 is 6.75. The van der Waals surface area contributed by atoms with Crippen LogP contribution in [0.1, 0.15) is 24.2 Å². The largest absolute Gasteiger partial charge is 0.368 e. The lowest BCUT2D eigenvalue weighted by Gasteiger charge is -2.37. The first-order chi connectivity index (χ1) is 15.9. The van der Waals surface area contributed by atoms with Crippen LogP contribution in [0.25, 0.3) is 11.4 Å². The molecule has 2 aliphatic rings. The zero-order valence-corrected chi connectivity index (χ0v) is 22.5. The topological polar surface area (TPSA) is 57.5 Å². The average molecular weight is 538 g/mol. The second-order valence-corrected chi connectivity index (χ2v) is 9.58. The first-order valence-electron chi connectivity index (χ1n) is 11.4. The van der Waals surface area contributed by atoms with Gasteiger partial charge in [-0.25, -0.2) is 4.79 Å². The van der Waals surface area contributed by atoms with Gasteiger partial charge < -0.3 is 19.3 Å². The van der Waals surface area contributed by atoms with Gasteiger partial charge in [0.1, 0.15) is 5.82 Å². The van der Waals surface area contributed by atoms with E-state index < -0.39 is 0 Å². The van der Waals surface area contributed by atoms with Gasteiger partial charge in [0.2, 0.25) is 0 Å². The fourth-order valence-electron chi connectivity index (χ4n) is 4.82. The molecule has 2 amide bonds. The van der Waals surface area contributed by atoms with Gasteiger partial charge in [0, 0.05) is 58.6 Å². The van der Waals surface area contributed by atoms with Crippen LogP contribution in [0.3, 0.4) is 0 Å². The molecule has 1 aliphatic carbocycles. The Bertz CT molecular complexity index is 1170. The van der Waals surface area contributed by atoms with Crippen molar-refractivity contribution in [2.75, 3.05) is 45.2 Å². The highest BCUT2D eigenvalue weighted by atomic mass is 35.5. The molecule has 1 aliphatic heterocycles. The normalized spacial score (nSPS) is 16.2. The van der Waals surface area contributed by atoms with E-state index in [9.17, 15) is 4.79 Å². The van der Waals surface area contributed by atoms with Crippen LogP contribution in [0.2, 0.25) is 5.02 Å². The SMILES string of the molecule is CN(C)C(=O)N1CCN(c2ccc(-c3nnc(C4(c5ccccc5)CC4)n3C)c(Cl)c2)CC1.Cl.Cl. The number of urea groups is 1. The summed E-state index contributed by atoms with van der Waals surface area (Å²) in [5.41, 5.74) is 3.19. The molecule has 1 aromatic heterocycles.